The maximum atomic E-state index is 11.6. The van der Waals surface area contributed by atoms with Crippen LogP contribution in [0, 0.1) is 0 Å². The number of carbonyl (C=O) groups is 1. The standard InChI is InChI=1S/C9H12N2O2/c10-7-3-4-11(6-7)9(12)8-2-1-5-13-8/h1-2,5,7H,3-4,6,10H2. The normalized spacial score (nSPS) is 22.2. The molecule has 1 fully saturated rings. The molecule has 2 rings (SSSR count). The number of carbonyl (C=O) groups excluding carboxylic acids is 1. The molecule has 2 N–H and O–H groups in total. The Kier molecular flexibility index (Phi) is 2.06. The highest BCUT2D eigenvalue weighted by atomic mass is 16.3. The summed E-state index contributed by atoms with van der Waals surface area (Å²) in [5, 5.41) is 0. The molecule has 13 heavy (non-hydrogen) atoms. The molecule has 1 amide bonds. The minimum atomic E-state index is -0.0575. The van der Waals surface area contributed by atoms with Gasteiger partial charge in [0.05, 0.1) is 6.26 Å². The van der Waals surface area contributed by atoms with Crippen LogP contribution in [-0.4, -0.2) is 29.9 Å². The second-order valence-electron chi connectivity index (χ2n) is 3.28. The van der Waals surface area contributed by atoms with Crippen molar-refractivity contribution in [2.45, 2.75) is 12.5 Å². The topological polar surface area (TPSA) is 59.5 Å². The summed E-state index contributed by atoms with van der Waals surface area (Å²) in [4.78, 5) is 13.4. The van der Waals surface area contributed by atoms with Crippen molar-refractivity contribution >= 4 is 5.91 Å². The monoisotopic (exact) mass is 180 g/mol. The van der Waals surface area contributed by atoms with E-state index in [0.717, 1.165) is 13.0 Å². The number of nitrogens with zero attached hydrogens (tertiary/aromatic N) is 1. The molecule has 1 atom stereocenters. The van der Waals surface area contributed by atoms with Crippen molar-refractivity contribution in [1.29, 1.82) is 0 Å². The number of amides is 1. The van der Waals surface area contributed by atoms with Gasteiger partial charge in [-0.05, 0) is 18.6 Å². The van der Waals surface area contributed by atoms with Crippen LogP contribution in [0.15, 0.2) is 22.8 Å². The summed E-state index contributed by atoms with van der Waals surface area (Å²) in [6, 6.07) is 3.51. The average Bonchev–Trinajstić information content (AvgIpc) is 2.72. The molecule has 0 bridgehead atoms. The van der Waals surface area contributed by atoms with Gasteiger partial charge < -0.3 is 15.1 Å². The fraction of sp³-hybridized carbons (Fsp3) is 0.444. The third-order valence-corrected chi connectivity index (χ3v) is 2.24. The van der Waals surface area contributed by atoms with E-state index < -0.39 is 0 Å². The molecule has 1 aromatic rings. The van der Waals surface area contributed by atoms with Crippen molar-refractivity contribution < 1.29 is 9.21 Å². The molecule has 4 heteroatoms. The maximum Gasteiger partial charge on any atom is 0.289 e. The van der Waals surface area contributed by atoms with Crippen LogP contribution in [0.25, 0.3) is 0 Å². The number of furan rings is 1. The molecule has 0 aliphatic carbocycles. The smallest absolute Gasteiger partial charge is 0.289 e. The van der Waals surface area contributed by atoms with Gasteiger partial charge in [0, 0.05) is 19.1 Å². The van der Waals surface area contributed by atoms with Crippen LogP contribution in [0.4, 0.5) is 0 Å². The van der Waals surface area contributed by atoms with Crippen molar-refractivity contribution in [2.24, 2.45) is 5.73 Å². The molecule has 1 unspecified atom stereocenters. The zero-order valence-corrected chi connectivity index (χ0v) is 7.27. The number of rotatable bonds is 1. The van der Waals surface area contributed by atoms with Gasteiger partial charge in [0.1, 0.15) is 0 Å². The highest BCUT2D eigenvalue weighted by molar-refractivity contribution is 5.91. The summed E-state index contributed by atoms with van der Waals surface area (Å²) in [5.74, 6) is 0.340. The average molecular weight is 180 g/mol. The Morgan fingerprint density at radius 1 is 1.69 bits per heavy atom. The first-order valence-electron chi connectivity index (χ1n) is 4.36. The Morgan fingerprint density at radius 2 is 2.54 bits per heavy atom. The van der Waals surface area contributed by atoms with E-state index in [1.54, 1.807) is 17.0 Å². The molecule has 0 saturated carbocycles. The quantitative estimate of drug-likeness (QED) is 0.682. The Balaban J connectivity index is 2.06. The van der Waals surface area contributed by atoms with Crippen molar-refractivity contribution in [1.82, 2.24) is 4.90 Å². The van der Waals surface area contributed by atoms with Crippen LogP contribution in [0.5, 0.6) is 0 Å². The molecule has 1 aliphatic heterocycles. The Labute approximate surface area is 76.3 Å². The third-order valence-electron chi connectivity index (χ3n) is 2.24. The minimum Gasteiger partial charge on any atom is -0.459 e. The largest absolute Gasteiger partial charge is 0.459 e. The van der Waals surface area contributed by atoms with Crippen LogP contribution in [0.3, 0.4) is 0 Å². The third kappa shape index (κ3) is 1.58. The molecule has 0 spiro atoms. The lowest BCUT2D eigenvalue weighted by atomic mass is 10.3. The zero-order valence-electron chi connectivity index (χ0n) is 7.27. The van der Waals surface area contributed by atoms with Gasteiger partial charge in [-0.1, -0.05) is 0 Å². The summed E-state index contributed by atoms with van der Waals surface area (Å²) >= 11 is 0. The molecule has 0 radical (unpaired) electrons. The van der Waals surface area contributed by atoms with E-state index >= 15 is 0 Å². The Hall–Kier alpha value is -1.29. The minimum absolute atomic E-state index is 0.0575. The van der Waals surface area contributed by atoms with Crippen molar-refractivity contribution in [3.05, 3.63) is 24.2 Å². The van der Waals surface area contributed by atoms with Crippen molar-refractivity contribution in [3.63, 3.8) is 0 Å². The number of hydrogen-bond donors (Lipinski definition) is 1. The highest BCUT2D eigenvalue weighted by Crippen LogP contribution is 2.12. The molecule has 2 heterocycles. The van der Waals surface area contributed by atoms with E-state index in [1.807, 2.05) is 0 Å². The van der Waals surface area contributed by atoms with Gasteiger partial charge in [-0.25, -0.2) is 0 Å². The first-order valence-corrected chi connectivity index (χ1v) is 4.36. The van der Waals surface area contributed by atoms with Crippen LogP contribution in [0.2, 0.25) is 0 Å². The second kappa shape index (κ2) is 3.22. The van der Waals surface area contributed by atoms with Gasteiger partial charge in [0.25, 0.3) is 5.91 Å². The molecule has 4 nitrogen and oxygen atoms in total. The summed E-state index contributed by atoms with van der Waals surface area (Å²) in [5.41, 5.74) is 5.69. The Bertz CT molecular complexity index is 295. The molecule has 1 saturated heterocycles. The summed E-state index contributed by atoms with van der Waals surface area (Å²) in [6.45, 7) is 1.38. The lowest BCUT2D eigenvalue weighted by Crippen LogP contribution is -2.31. The van der Waals surface area contributed by atoms with E-state index in [9.17, 15) is 4.79 Å². The highest BCUT2D eigenvalue weighted by Gasteiger charge is 2.25. The van der Waals surface area contributed by atoms with Gasteiger partial charge in [0.15, 0.2) is 5.76 Å². The first-order chi connectivity index (χ1) is 6.27. The van der Waals surface area contributed by atoms with Crippen LogP contribution in [-0.2, 0) is 0 Å². The number of likely N-dealkylation sites (tertiary alicyclic amines) is 1. The Morgan fingerprint density at radius 3 is 3.08 bits per heavy atom. The second-order valence-corrected chi connectivity index (χ2v) is 3.28. The lowest BCUT2D eigenvalue weighted by Gasteiger charge is -2.13. The van der Waals surface area contributed by atoms with Gasteiger partial charge in [0.2, 0.25) is 0 Å². The summed E-state index contributed by atoms with van der Waals surface area (Å²) in [7, 11) is 0. The van der Waals surface area contributed by atoms with E-state index in [1.165, 1.54) is 6.26 Å². The first kappa shape index (κ1) is 8.31. The zero-order chi connectivity index (χ0) is 9.26. The van der Waals surface area contributed by atoms with E-state index in [0.29, 0.717) is 12.3 Å². The lowest BCUT2D eigenvalue weighted by molar-refractivity contribution is 0.0759. The van der Waals surface area contributed by atoms with Crippen LogP contribution < -0.4 is 5.73 Å². The summed E-state index contributed by atoms with van der Waals surface area (Å²) < 4.78 is 5.01. The molecular formula is C9H12N2O2. The van der Waals surface area contributed by atoms with Crippen LogP contribution in [0.1, 0.15) is 17.0 Å². The van der Waals surface area contributed by atoms with E-state index in [2.05, 4.69) is 0 Å². The molecule has 0 aromatic carbocycles. The predicted octanol–water partition coefficient (Wildman–Crippen LogP) is 0.453. The predicted molar refractivity (Wildman–Crippen MR) is 47.2 cm³/mol. The molecule has 70 valence electrons. The van der Waals surface area contributed by atoms with Gasteiger partial charge in [-0.15, -0.1) is 0 Å². The SMILES string of the molecule is NC1CCN(C(=O)c2ccco2)C1. The van der Waals surface area contributed by atoms with Crippen LogP contribution >= 0.6 is 0 Å². The van der Waals surface area contributed by atoms with Gasteiger partial charge >= 0.3 is 0 Å². The molecular weight excluding hydrogens is 168 g/mol. The molecule has 1 aromatic heterocycles. The van der Waals surface area contributed by atoms with E-state index in [-0.39, 0.29) is 11.9 Å². The fourth-order valence-corrected chi connectivity index (χ4v) is 1.53. The maximum absolute atomic E-state index is 11.6. The molecule has 1 aliphatic rings. The van der Waals surface area contributed by atoms with Gasteiger partial charge in [-0.3, -0.25) is 4.79 Å². The van der Waals surface area contributed by atoms with Gasteiger partial charge in [-0.2, -0.15) is 0 Å². The summed E-state index contributed by atoms with van der Waals surface area (Å²) in [6.07, 6.45) is 2.38. The van der Waals surface area contributed by atoms with Crippen molar-refractivity contribution in [3.8, 4) is 0 Å². The number of hydrogen-bond acceptors (Lipinski definition) is 3. The van der Waals surface area contributed by atoms with E-state index in [4.69, 9.17) is 10.2 Å². The van der Waals surface area contributed by atoms with Crippen molar-refractivity contribution in [2.75, 3.05) is 13.1 Å². The fourth-order valence-electron chi connectivity index (χ4n) is 1.53. The number of nitrogens with two attached hydrogens (primary N) is 1.